The SMILES string of the molecule is O=C(O)c1nnc(-c2ccn[nH]2)o1. The highest BCUT2D eigenvalue weighted by molar-refractivity contribution is 5.82. The Bertz CT molecular complexity index is 419. The molecule has 0 aliphatic carbocycles. The lowest BCUT2D eigenvalue weighted by molar-refractivity contribution is 0.0654. The van der Waals surface area contributed by atoms with Crippen molar-refractivity contribution in [2.75, 3.05) is 0 Å². The van der Waals surface area contributed by atoms with Gasteiger partial charge in [0, 0.05) is 6.20 Å². The van der Waals surface area contributed by atoms with Gasteiger partial charge in [-0.3, -0.25) is 5.10 Å². The van der Waals surface area contributed by atoms with E-state index in [2.05, 4.69) is 20.4 Å². The fourth-order valence-corrected chi connectivity index (χ4v) is 0.793. The van der Waals surface area contributed by atoms with E-state index in [4.69, 9.17) is 9.52 Å². The standard InChI is InChI=1S/C6H4N4O3/c11-6(12)5-10-9-4(13-5)3-1-2-7-8-3/h1-2H,(H,7,8)(H,11,12). The van der Waals surface area contributed by atoms with Crippen molar-refractivity contribution in [3.05, 3.63) is 18.2 Å². The largest absolute Gasteiger partial charge is 0.474 e. The zero-order valence-electron chi connectivity index (χ0n) is 6.26. The summed E-state index contributed by atoms with van der Waals surface area (Å²) in [5.41, 5.74) is 0.486. The van der Waals surface area contributed by atoms with Gasteiger partial charge < -0.3 is 9.52 Å². The van der Waals surface area contributed by atoms with E-state index >= 15 is 0 Å². The molecule has 2 rings (SSSR count). The first-order valence-corrected chi connectivity index (χ1v) is 3.34. The Morgan fingerprint density at radius 2 is 2.38 bits per heavy atom. The summed E-state index contributed by atoms with van der Waals surface area (Å²) in [6, 6.07) is 1.60. The first-order valence-electron chi connectivity index (χ1n) is 3.34. The Kier molecular flexibility index (Phi) is 1.55. The number of nitrogens with one attached hydrogen (secondary N) is 1. The van der Waals surface area contributed by atoms with Crippen LogP contribution in [-0.2, 0) is 0 Å². The lowest BCUT2D eigenvalue weighted by Crippen LogP contribution is -1.95. The van der Waals surface area contributed by atoms with Gasteiger partial charge in [0.1, 0.15) is 5.69 Å². The van der Waals surface area contributed by atoms with Crippen molar-refractivity contribution in [2.45, 2.75) is 0 Å². The third kappa shape index (κ3) is 1.26. The average Bonchev–Trinajstić information content (AvgIpc) is 2.75. The highest BCUT2D eigenvalue weighted by atomic mass is 16.4. The van der Waals surface area contributed by atoms with Crippen LogP contribution in [0, 0.1) is 0 Å². The molecule has 0 atom stereocenters. The Morgan fingerprint density at radius 1 is 1.54 bits per heavy atom. The minimum atomic E-state index is -1.25. The minimum absolute atomic E-state index is 0.106. The van der Waals surface area contributed by atoms with Crippen LogP contribution in [0.3, 0.4) is 0 Å². The molecule has 0 saturated heterocycles. The maximum Gasteiger partial charge on any atom is 0.393 e. The highest BCUT2D eigenvalue weighted by Crippen LogP contribution is 2.13. The zero-order chi connectivity index (χ0) is 9.26. The number of hydrogen-bond donors (Lipinski definition) is 2. The molecule has 2 heterocycles. The van der Waals surface area contributed by atoms with Crippen molar-refractivity contribution in [3.8, 4) is 11.6 Å². The summed E-state index contributed by atoms with van der Waals surface area (Å²) in [7, 11) is 0. The molecule has 0 aliphatic heterocycles. The molecule has 0 amide bonds. The third-order valence-corrected chi connectivity index (χ3v) is 1.34. The van der Waals surface area contributed by atoms with Crippen molar-refractivity contribution < 1.29 is 14.3 Å². The summed E-state index contributed by atoms with van der Waals surface area (Å²) in [6.45, 7) is 0. The molecule has 0 fully saturated rings. The number of hydrogen-bond acceptors (Lipinski definition) is 5. The highest BCUT2D eigenvalue weighted by Gasteiger charge is 2.14. The van der Waals surface area contributed by atoms with Gasteiger partial charge >= 0.3 is 11.9 Å². The van der Waals surface area contributed by atoms with Crippen molar-refractivity contribution in [2.24, 2.45) is 0 Å². The van der Waals surface area contributed by atoms with Gasteiger partial charge in [0.2, 0.25) is 0 Å². The number of carboxylic acids is 1. The summed E-state index contributed by atoms with van der Waals surface area (Å²) in [6.07, 6.45) is 1.50. The molecular formula is C6H4N4O3. The van der Waals surface area contributed by atoms with E-state index in [9.17, 15) is 4.79 Å². The molecule has 66 valence electrons. The molecule has 0 saturated carbocycles. The third-order valence-electron chi connectivity index (χ3n) is 1.34. The van der Waals surface area contributed by atoms with Crippen LogP contribution in [0.25, 0.3) is 11.6 Å². The second-order valence-electron chi connectivity index (χ2n) is 2.19. The van der Waals surface area contributed by atoms with Crippen LogP contribution in [0.4, 0.5) is 0 Å². The second-order valence-corrected chi connectivity index (χ2v) is 2.19. The summed E-state index contributed by atoms with van der Waals surface area (Å²) in [5, 5.41) is 21.5. The summed E-state index contributed by atoms with van der Waals surface area (Å²) < 4.78 is 4.80. The molecule has 2 N–H and O–H groups in total. The molecule has 0 aromatic carbocycles. The number of rotatable bonds is 2. The van der Waals surface area contributed by atoms with E-state index in [0.29, 0.717) is 5.69 Å². The van der Waals surface area contributed by atoms with Crippen LogP contribution < -0.4 is 0 Å². The van der Waals surface area contributed by atoms with Crippen LogP contribution in [0.2, 0.25) is 0 Å². The topological polar surface area (TPSA) is 105 Å². The number of carbonyl (C=O) groups is 1. The lowest BCUT2D eigenvalue weighted by Gasteiger charge is -1.84. The van der Waals surface area contributed by atoms with E-state index in [1.54, 1.807) is 6.07 Å². The Morgan fingerprint density at radius 3 is 2.92 bits per heavy atom. The molecule has 0 spiro atoms. The monoisotopic (exact) mass is 180 g/mol. The van der Waals surface area contributed by atoms with Crippen molar-refractivity contribution in [1.82, 2.24) is 20.4 Å². The van der Waals surface area contributed by atoms with E-state index in [0.717, 1.165) is 0 Å². The van der Waals surface area contributed by atoms with E-state index in [-0.39, 0.29) is 5.89 Å². The van der Waals surface area contributed by atoms with Gasteiger partial charge in [-0.05, 0) is 6.07 Å². The van der Waals surface area contributed by atoms with E-state index in [1.165, 1.54) is 6.20 Å². The van der Waals surface area contributed by atoms with Crippen molar-refractivity contribution in [1.29, 1.82) is 0 Å². The second kappa shape index (κ2) is 2.70. The first-order chi connectivity index (χ1) is 6.27. The van der Waals surface area contributed by atoms with Gasteiger partial charge in [-0.2, -0.15) is 5.10 Å². The number of carboxylic acid groups (broad SMARTS) is 1. The van der Waals surface area contributed by atoms with Crippen molar-refractivity contribution >= 4 is 5.97 Å². The van der Waals surface area contributed by atoms with Crippen LogP contribution in [0.15, 0.2) is 16.7 Å². The normalized spacial score (nSPS) is 10.2. The van der Waals surface area contributed by atoms with Crippen LogP contribution in [0.1, 0.15) is 10.7 Å². The zero-order valence-corrected chi connectivity index (χ0v) is 6.26. The average molecular weight is 180 g/mol. The van der Waals surface area contributed by atoms with Gasteiger partial charge in [-0.15, -0.1) is 10.2 Å². The maximum absolute atomic E-state index is 10.4. The van der Waals surface area contributed by atoms with Crippen LogP contribution >= 0.6 is 0 Å². The van der Waals surface area contributed by atoms with Gasteiger partial charge in [0.15, 0.2) is 0 Å². The quantitative estimate of drug-likeness (QED) is 0.681. The van der Waals surface area contributed by atoms with Crippen LogP contribution in [0.5, 0.6) is 0 Å². The fraction of sp³-hybridized carbons (Fsp3) is 0. The lowest BCUT2D eigenvalue weighted by atomic mass is 10.4. The predicted molar refractivity (Wildman–Crippen MR) is 38.8 cm³/mol. The summed E-state index contributed by atoms with van der Waals surface area (Å²) in [5.74, 6) is -1.59. The number of aromatic nitrogens is 4. The van der Waals surface area contributed by atoms with Crippen LogP contribution in [-0.4, -0.2) is 31.5 Å². The molecule has 2 aromatic rings. The van der Waals surface area contributed by atoms with Gasteiger partial charge in [0.05, 0.1) is 0 Å². The molecule has 0 aliphatic rings. The molecule has 0 bridgehead atoms. The molecule has 13 heavy (non-hydrogen) atoms. The van der Waals surface area contributed by atoms with Gasteiger partial charge in [-0.25, -0.2) is 4.79 Å². The van der Waals surface area contributed by atoms with Gasteiger partial charge in [-0.1, -0.05) is 0 Å². The number of aromatic amines is 1. The molecule has 0 radical (unpaired) electrons. The Balaban J connectivity index is 2.39. The summed E-state index contributed by atoms with van der Waals surface area (Å²) >= 11 is 0. The minimum Gasteiger partial charge on any atom is -0.474 e. The molecule has 7 heteroatoms. The Hall–Kier alpha value is -2.18. The number of nitrogens with zero attached hydrogens (tertiary/aromatic N) is 3. The maximum atomic E-state index is 10.4. The van der Waals surface area contributed by atoms with E-state index in [1.807, 2.05) is 0 Å². The van der Waals surface area contributed by atoms with Gasteiger partial charge in [0.25, 0.3) is 5.89 Å². The first kappa shape index (κ1) is 7.47. The molecule has 7 nitrogen and oxygen atoms in total. The Labute approximate surface area is 71.4 Å². The molecule has 2 aromatic heterocycles. The number of aromatic carboxylic acids is 1. The fourth-order valence-electron chi connectivity index (χ4n) is 0.793. The smallest absolute Gasteiger partial charge is 0.393 e. The van der Waals surface area contributed by atoms with Crippen molar-refractivity contribution in [3.63, 3.8) is 0 Å². The molecule has 0 unspecified atom stereocenters. The molecular weight excluding hydrogens is 176 g/mol. The number of H-pyrrole nitrogens is 1. The summed E-state index contributed by atoms with van der Waals surface area (Å²) in [4.78, 5) is 10.4. The van der Waals surface area contributed by atoms with E-state index < -0.39 is 11.9 Å². The predicted octanol–water partition coefficient (Wildman–Crippen LogP) is 0.158.